The molecule has 1 aliphatic heterocycles. The highest BCUT2D eigenvalue weighted by Crippen LogP contribution is 2.37. The molecule has 0 bridgehead atoms. The van der Waals surface area contributed by atoms with Crippen molar-refractivity contribution in [3.63, 3.8) is 0 Å². The zero-order valence-electron chi connectivity index (χ0n) is 12.7. The van der Waals surface area contributed by atoms with Crippen LogP contribution in [0.2, 0.25) is 5.02 Å². The SMILES string of the molecule is O=C(C1CCC1)N1CCCC1c1nc(-c2cccc(Cl)c2)no1. The largest absolute Gasteiger partial charge is 0.337 e. The standard InChI is InChI=1S/C17H18ClN3O2/c18-13-7-2-6-12(10-13)15-19-16(23-20-15)14-8-3-9-21(14)17(22)11-4-1-5-11/h2,6-7,10-11,14H,1,3-5,8-9H2. The first-order valence-corrected chi connectivity index (χ1v) is 8.50. The number of hydrogen-bond acceptors (Lipinski definition) is 4. The third kappa shape index (κ3) is 2.74. The van der Waals surface area contributed by atoms with Crippen LogP contribution in [0, 0.1) is 5.92 Å². The summed E-state index contributed by atoms with van der Waals surface area (Å²) in [4.78, 5) is 19.0. The molecule has 1 saturated carbocycles. The fraction of sp³-hybridized carbons (Fsp3) is 0.471. The Morgan fingerprint density at radius 3 is 2.87 bits per heavy atom. The lowest BCUT2D eigenvalue weighted by Gasteiger charge is -2.31. The van der Waals surface area contributed by atoms with Crippen LogP contribution >= 0.6 is 11.6 Å². The van der Waals surface area contributed by atoms with Gasteiger partial charge in [0, 0.05) is 23.0 Å². The van der Waals surface area contributed by atoms with Crippen LogP contribution in [0.4, 0.5) is 0 Å². The summed E-state index contributed by atoms with van der Waals surface area (Å²) in [5.41, 5.74) is 0.822. The van der Waals surface area contributed by atoms with E-state index in [-0.39, 0.29) is 17.9 Å². The van der Waals surface area contributed by atoms with Gasteiger partial charge in [0.15, 0.2) is 0 Å². The van der Waals surface area contributed by atoms with Crippen molar-refractivity contribution in [1.82, 2.24) is 15.0 Å². The molecule has 1 atom stereocenters. The van der Waals surface area contributed by atoms with Crippen LogP contribution in [0.5, 0.6) is 0 Å². The molecule has 1 aliphatic carbocycles. The minimum Gasteiger partial charge on any atom is -0.337 e. The molecule has 2 fully saturated rings. The van der Waals surface area contributed by atoms with Gasteiger partial charge >= 0.3 is 0 Å². The Hall–Kier alpha value is -1.88. The van der Waals surface area contributed by atoms with Gasteiger partial charge in [0.25, 0.3) is 0 Å². The van der Waals surface area contributed by atoms with E-state index in [0.29, 0.717) is 16.7 Å². The zero-order chi connectivity index (χ0) is 15.8. The monoisotopic (exact) mass is 331 g/mol. The van der Waals surface area contributed by atoms with E-state index >= 15 is 0 Å². The van der Waals surface area contributed by atoms with Crippen LogP contribution in [0.1, 0.15) is 44.0 Å². The van der Waals surface area contributed by atoms with E-state index in [1.165, 1.54) is 0 Å². The molecular weight excluding hydrogens is 314 g/mol. The van der Waals surface area contributed by atoms with Gasteiger partial charge in [-0.3, -0.25) is 4.79 Å². The molecule has 1 amide bonds. The van der Waals surface area contributed by atoms with Crippen LogP contribution in [0.15, 0.2) is 28.8 Å². The second-order valence-corrected chi connectivity index (χ2v) is 6.72. The van der Waals surface area contributed by atoms with Crippen molar-refractivity contribution in [1.29, 1.82) is 0 Å². The first-order chi connectivity index (χ1) is 11.2. The Morgan fingerprint density at radius 1 is 1.26 bits per heavy atom. The molecule has 1 aromatic carbocycles. The number of halogens is 1. The van der Waals surface area contributed by atoms with Crippen molar-refractivity contribution < 1.29 is 9.32 Å². The number of nitrogens with zero attached hydrogens (tertiary/aromatic N) is 3. The number of hydrogen-bond donors (Lipinski definition) is 0. The Kier molecular flexibility index (Phi) is 3.81. The second-order valence-electron chi connectivity index (χ2n) is 6.28. The summed E-state index contributed by atoms with van der Waals surface area (Å²) in [6.45, 7) is 0.787. The summed E-state index contributed by atoms with van der Waals surface area (Å²) in [5, 5.41) is 4.70. The molecule has 1 unspecified atom stereocenters. The molecule has 0 radical (unpaired) electrons. The molecule has 0 spiro atoms. The lowest BCUT2D eigenvalue weighted by Crippen LogP contribution is -2.38. The fourth-order valence-corrected chi connectivity index (χ4v) is 3.48. The van der Waals surface area contributed by atoms with Crippen LogP contribution in [-0.2, 0) is 4.79 Å². The van der Waals surface area contributed by atoms with Gasteiger partial charge in [0.05, 0.1) is 0 Å². The number of likely N-dealkylation sites (tertiary alicyclic amines) is 1. The molecule has 23 heavy (non-hydrogen) atoms. The summed E-state index contributed by atoms with van der Waals surface area (Å²) in [5.74, 6) is 1.50. The Labute approximate surface area is 139 Å². The van der Waals surface area contributed by atoms with Gasteiger partial charge in [-0.15, -0.1) is 0 Å². The van der Waals surface area contributed by atoms with E-state index in [4.69, 9.17) is 16.1 Å². The molecule has 2 heterocycles. The van der Waals surface area contributed by atoms with E-state index in [0.717, 1.165) is 44.2 Å². The number of carbonyl (C=O) groups is 1. The minimum absolute atomic E-state index is 0.0801. The quantitative estimate of drug-likeness (QED) is 0.857. The van der Waals surface area contributed by atoms with Gasteiger partial charge in [0.2, 0.25) is 17.6 Å². The highest BCUT2D eigenvalue weighted by atomic mass is 35.5. The highest BCUT2D eigenvalue weighted by molar-refractivity contribution is 6.30. The predicted molar refractivity (Wildman–Crippen MR) is 85.8 cm³/mol. The number of rotatable bonds is 3. The van der Waals surface area contributed by atoms with Gasteiger partial charge in [-0.25, -0.2) is 0 Å². The van der Waals surface area contributed by atoms with E-state index in [1.807, 2.05) is 29.2 Å². The van der Waals surface area contributed by atoms with E-state index in [9.17, 15) is 4.79 Å². The molecule has 4 rings (SSSR count). The van der Waals surface area contributed by atoms with Gasteiger partial charge in [-0.2, -0.15) is 4.98 Å². The maximum atomic E-state index is 12.6. The van der Waals surface area contributed by atoms with Gasteiger partial charge in [-0.05, 0) is 37.8 Å². The zero-order valence-corrected chi connectivity index (χ0v) is 13.5. The summed E-state index contributed by atoms with van der Waals surface area (Å²) < 4.78 is 5.46. The lowest BCUT2D eigenvalue weighted by atomic mass is 9.84. The fourth-order valence-electron chi connectivity index (χ4n) is 3.29. The smallest absolute Gasteiger partial charge is 0.249 e. The van der Waals surface area contributed by atoms with Crippen molar-refractivity contribution in [2.75, 3.05) is 6.54 Å². The Bertz CT molecular complexity index is 726. The Balaban J connectivity index is 1.56. The van der Waals surface area contributed by atoms with Crippen molar-refractivity contribution in [3.05, 3.63) is 35.2 Å². The molecular formula is C17H18ClN3O2. The highest BCUT2D eigenvalue weighted by Gasteiger charge is 2.38. The predicted octanol–water partition coefficient (Wildman–Crippen LogP) is 3.85. The van der Waals surface area contributed by atoms with Crippen molar-refractivity contribution in [2.45, 2.75) is 38.1 Å². The maximum Gasteiger partial charge on any atom is 0.249 e. The van der Waals surface area contributed by atoms with Crippen LogP contribution in [-0.4, -0.2) is 27.5 Å². The first kappa shape index (κ1) is 14.7. The number of aromatic nitrogens is 2. The average Bonchev–Trinajstić information content (AvgIpc) is 3.14. The second kappa shape index (κ2) is 5.96. The Morgan fingerprint density at radius 2 is 2.13 bits per heavy atom. The molecule has 1 aromatic heterocycles. The number of amides is 1. The summed E-state index contributed by atoms with van der Waals surface area (Å²) in [6, 6.07) is 7.29. The molecule has 1 saturated heterocycles. The average molecular weight is 332 g/mol. The van der Waals surface area contributed by atoms with Crippen molar-refractivity contribution >= 4 is 17.5 Å². The molecule has 0 N–H and O–H groups in total. The molecule has 6 heteroatoms. The third-order valence-corrected chi connectivity index (χ3v) is 5.04. The first-order valence-electron chi connectivity index (χ1n) is 8.12. The van der Waals surface area contributed by atoms with E-state index in [2.05, 4.69) is 10.1 Å². The molecule has 2 aromatic rings. The van der Waals surface area contributed by atoms with Gasteiger partial charge < -0.3 is 9.42 Å². The summed E-state index contributed by atoms with van der Waals surface area (Å²) in [6.07, 6.45) is 5.06. The van der Waals surface area contributed by atoms with Crippen molar-refractivity contribution in [3.8, 4) is 11.4 Å². The summed E-state index contributed by atoms with van der Waals surface area (Å²) >= 11 is 6.01. The molecule has 5 nitrogen and oxygen atoms in total. The summed E-state index contributed by atoms with van der Waals surface area (Å²) in [7, 11) is 0. The molecule has 120 valence electrons. The minimum atomic E-state index is -0.0801. The third-order valence-electron chi connectivity index (χ3n) is 4.80. The lowest BCUT2D eigenvalue weighted by molar-refractivity contribution is -0.139. The topological polar surface area (TPSA) is 59.2 Å². The molecule has 2 aliphatic rings. The maximum absolute atomic E-state index is 12.6. The van der Waals surface area contributed by atoms with E-state index in [1.54, 1.807) is 0 Å². The number of benzene rings is 1. The van der Waals surface area contributed by atoms with Crippen LogP contribution < -0.4 is 0 Å². The van der Waals surface area contributed by atoms with Crippen molar-refractivity contribution in [2.24, 2.45) is 5.92 Å². The van der Waals surface area contributed by atoms with Crippen LogP contribution in [0.25, 0.3) is 11.4 Å². The van der Waals surface area contributed by atoms with E-state index < -0.39 is 0 Å². The van der Waals surface area contributed by atoms with Crippen LogP contribution in [0.3, 0.4) is 0 Å². The number of carbonyl (C=O) groups excluding carboxylic acids is 1. The van der Waals surface area contributed by atoms with Gasteiger partial charge in [0.1, 0.15) is 6.04 Å². The van der Waals surface area contributed by atoms with Gasteiger partial charge in [-0.1, -0.05) is 35.3 Å². The normalized spacial score (nSPS) is 21.4.